The van der Waals surface area contributed by atoms with E-state index in [1.807, 2.05) is 0 Å². The first-order valence-electron chi connectivity index (χ1n) is 7.15. The van der Waals surface area contributed by atoms with Gasteiger partial charge in [0.1, 0.15) is 5.01 Å². The van der Waals surface area contributed by atoms with Crippen LogP contribution in [-0.4, -0.2) is 18.1 Å². The highest BCUT2D eigenvalue weighted by Gasteiger charge is 2.21. The number of ether oxygens (including phenoxy) is 1. The Labute approximate surface area is 137 Å². The quantitative estimate of drug-likeness (QED) is 0.828. The number of hydrogen-bond donors (Lipinski definition) is 1. The third-order valence-corrected chi connectivity index (χ3v) is 5.61. The van der Waals surface area contributed by atoms with Crippen LogP contribution in [0, 0.1) is 6.92 Å². The molecule has 0 aliphatic heterocycles. The number of hydrogen-bond acceptors (Lipinski definition) is 4. The highest BCUT2D eigenvalue weighted by atomic mass is 79.9. The number of nitrogens with one attached hydrogen (secondary N) is 1. The van der Waals surface area contributed by atoms with Crippen LogP contribution in [0.25, 0.3) is 10.6 Å². The Morgan fingerprint density at radius 1 is 1.43 bits per heavy atom. The number of methoxy groups -OCH3 is 1. The summed E-state index contributed by atoms with van der Waals surface area (Å²) in [5, 5.41) is 4.63. The van der Waals surface area contributed by atoms with Crippen molar-refractivity contribution in [3.63, 3.8) is 0 Å². The van der Waals surface area contributed by atoms with Gasteiger partial charge in [0.25, 0.3) is 0 Å². The Morgan fingerprint density at radius 2 is 2.24 bits per heavy atom. The van der Waals surface area contributed by atoms with Gasteiger partial charge >= 0.3 is 0 Å². The van der Waals surface area contributed by atoms with Gasteiger partial charge in [-0.15, -0.1) is 11.3 Å². The SMILES string of the molecule is COCc1nc(-c2ccc(C)c(Br)c2)sc1CNC1CC1. The fourth-order valence-electron chi connectivity index (χ4n) is 2.14. The average molecular weight is 367 g/mol. The van der Waals surface area contributed by atoms with Crippen molar-refractivity contribution in [3.05, 3.63) is 38.8 Å². The van der Waals surface area contributed by atoms with E-state index in [4.69, 9.17) is 9.72 Å². The van der Waals surface area contributed by atoms with Gasteiger partial charge in [-0.25, -0.2) is 4.98 Å². The molecular weight excluding hydrogens is 348 g/mol. The van der Waals surface area contributed by atoms with E-state index in [0.717, 1.165) is 27.3 Å². The molecule has 1 fully saturated rings. The third kappa shape index (κ3) is 3.72. The summed E-state index contributed by atoms with van der Waals surface area (Å²) in [6.45, 7) is 3.57. The van der Waals surface area contributed by atoms with Gasteiger partial charge in [0.15, 0.2) is 0 Å². The van der Waals surface area contributed by atoms with E-state index >= 15 is 0 Å². The van der Waals surface area contributed by atoms with Gasteiger partial charge in [-0.2, -0.15) is 0 Å². The number of benzene rings is 1. The molecule has 0 saturated heterocycles. The molecule has 0 spiro atoms. The molecule has 1 aromatic carbocycles. The summed E-state index contributed by atoms with van der Waals surface area (Å²) in [6.07, 6.45) is 2.60. The third-order valence-electron chi connectivity index (χ3n) is 3.61. The van der Waals surface area contributed by atoms with Gasteiger partial charge in [-0.3, -0.25) is 0 Å². The minimum Gasteiger partial charge on any atom is -0.378 e. The van der Waals surface area contributed by atoms with Crippen molar-refractivity contribution >= 4 is 27.3 Å². The fourth-order valence-corrected chi connectivity index (χ4v) is 3.54. The molecule has 0 unspecified atom stereocenters. The van der Waals surface area contributed by atoms with Crippen LogP contribution >= 0.6 is 27.3 Å². The molecule has 1 saturated carbocycles. The maximum absolute atomic E-state index is 5.29. The van der Waals surface area contributed by atoms with Gasteiger partial charge in [-0.1, -0.05) is 28.1 Å². The largest absolute Gasteiger partial charge is 0.378 e. The van der Waals surface area contributed by atoms with Crippen LogP contribution in [0.3, 0.4) is 0 Å². The molecular formula is C16H19BrN2OS. The minimum absolute atomic E-state index is 0.575. The number of aromatic nitrogens is 1. The summed E-state index contributed by atoms with van der Waals surface area (Å²) in [6, 6.07) is 7.11. The highest BCUT2D eigenvalue weighted by molar-refractivity contribution is 9.10. The average Bonchev–Trinajstić information content (AvgIpc) is 3.21. The Morgan fingerprint density at radius 3 is 2.90 bits per heavy atom. The number of thiazole rings is 1. The molecule has 0 amide bonds. The molecule has 0 atom stereocenters. The first-order chi connectivity index (χ1) is 10.2. The minimum atomic E-state index is 0.575. The molecule has 1 aliphatic rings. The van der Waals surface area contributed by atoms with Crippen molar-refractivity contribution in [2.75, 3.05) is 7.11 Å². The molecule has 1 aliphatic carbocycles. The molecule has 2 aromatic rings. The number of aryl methyl sites for hydroxylation is 1. The maximum Gasteiger partial charge on any atom is 0.124 e. The van der Waals surface area contributed by atoms with E-state index in [0.29, 0.717) is 12.6 Å². The predicted molar refractivity (Wildman–Crippen MR) is 90.6 cm³/mol. The lowest BCUT2D eigenvalue weighted by atomic mass is 10.2. The number of rotatable bonds is 6. The van der Waals surface area contributed by atoms with E-state index < -0.39 is 0 Å². The molecule has 0 bridgehead atoms. The summed E-state index contributed by atoms with van der Waals surface area (Å²) < 4.78 is 6.42. The Balaban J connectivity index is 1.86. The van der Waals surface area contributed by atoms with Crippen LogP contribution in [0.2, 0.25) is 0 Å². The van der Waals surface area contributed by atoms with Crippen LogP contribution in [0.1, 0.15) is 29.0 Å². The van der Waals surface area contributed by atoms with Gasteiger partial charge in [0.05, 0.1) is 12.3 Å². The summed E-state index contributed by atoms with van der Waals surface area (Å²) in [7, 11) is 1.72. The van der Waals surface area contributed by atoms with Gasteiger partial charge in [0, 0.05) is 34.6 Å². The van der Waals surface area contributed by atoms with Crippen molar-refractivity contribution in [2.24, 2.45) is 0 Å². The predicted octanol–water partition coefficient (Wildman–Crippen LogP) is 4.28. The molecule has 21 heavy (non-hydrogen) atoms. The monoisotopic (exact) mass is 366 g/mol. The van der Waals surface area contributed by atoms with E-state index in [1.54, 1.807) is 18.4 Å². The zero-order valence-electron chi connectivity index (χ0n) is 12.3. The van der Waals surface area contributed by atoms with Gasteiger partial charge in [-0.05, 0) is 31.4 Å². The van der Waals surface area contributed by atoms with Crippen molar-refractivity contribution in [2.45, 2.75) is 39.0 Å². The number of halogens is 1. The van der Waals surface area contributed by atoms with Crippen LogP contribution in [-0.2, 0) is 17.9 Å². The van der Waals surface area contributed by atoms with Gasteiger partial charge < -0.3 is 10.1 Å². The van der Waals surface area contributed by atoms with E-state index in [1.165, 1.54) is 23.3 Å². The van der Waals surface area contributed by atoms with Crippen molar-refractivity contribution in [1.29, 1.82) is 0 Å². The van der Waals surface area contributed by atoms with Crippen LogP contribution in [0.4, 0.5) is 0 Å². The van der Waals surface area contributed by atoms with Gasteiger partial charge in [0.2, 0.25) is 0 Å². The number of nitrogens with zero attached hydrogens (tertiary/aromatic N) is 1. The van der Waals surface area contributed by atoms with Crippen LogP contribution in [0.15, 0.2) is 22.7 Å². The second-order valence-electron chi connectivity index (χ2n) is 5.44. The van der Waals surface area contributed by atoms with Crippen molar-refractivity contribution < 1.29 is 4.74 Å². The molecule has 3 nitrogen and oxygen atoms in total. The topological polar surface area (TPSA) is 34.1 Å². The smallest absolute Gasteiger partial charge is 0.124 e. The fraction of sp³-hybridized carbons (Fsp3) is 0.438. The standard InChI is InChI=1S/C16H19BrN2OS/c1-10-3-4-11(7-13(10)17)16-19-14(9-20-2)15(21-16)8-18-12-5-6-12/h3-4,7,12,18H,5-6,8-9H2,1-2H3. The van der Waals surface area contributed by atoms with Crippen molar-refractivity contribution in [3.8, 4) is 10.6 Å². The summed E-state index contributed by atoms with van der Waals surface area (Å²) in [5.74, 6) is 0. The molecule has 1 N–H and O–H groups in total. The first kappa shape index (κ1) is 15.2. The normalized spacial score (nSPS) is 14.6. The summed E-state index contributed by atoms with van der Waals surface area (Å²) in [5.41, 5.74) is 3.46. The summed E-state index contributed by atoms with van der Waals surface area (Å²) in [4.78, 5) is 6.06. The lowest BCUT2D eigenvalue weighted by molar-refractivity contribution is 0.181. The molecule has 0 radical (unpaired) electrons. The molecule has 5 heteroatoms. The molecule has 112 valence electrons. The second-order valence-corrected chi connectivity index (χ2v) is 7.38. The lowest BCUT2D eigenvalue weighted by Crippen LogP contribution is -2.15. The second kappa shape index (κ2) is 6.57. The van der Waals surface area contributed by atoms with Crippen molar-refractivity contribution in [1.82, 2.24) is 10.3 Å². The Kier molecular flexibility index (Phi) is 4.74. The summed E-state index contributed by atoms with van der Waals surface area (Å²) >= 11 is 5.36. The van der Waals surface area contributed by atoms with Crippen LogP contribution < -0.4 is 5.32 Å². The Hall–Kier alpha value is -0.750. The van der Waals surface area contributed by atoms with E-state index in [2.05, 4.69) is 46.4 Å². The highest BCUT2D eigenvalue weighted by Crippen LogP contribution is 2.32. The van der Waals surface area contributed by atoms with Crippen LogP contribution in [0.5, 0.6) is 0 Å². The maximum atomic E-state index is 5.29. The molecule has 1 heterocycles. The first-order valence-corrected chi connectivity index (χ1v) is 8.75. The van der Waals surface area contributed by atoms with E-state index in [-0.39, 0.29) is 0 Å². The Bertz CT molecular complexity index is 637. The lowest BCUT2D eigenvalue weighted by Gasteiger charge is -2.02. The zero-order valence-corrected chi connectivity index (χ0v) is 14.7. The molecule has 3 rings (SSSR count). The zero-order chi connectivity index (χ0) is 14.8. The van der Waals surface area contributed by atoms with E-state index in [9.17, 15) is 0 Å². The molecule has 1 aromatic heterocycles.